The van der Waals surface area contributed by atoms with E-state index in [1.54, 1.807) is 0 Å². The van der Waals surface area contributed by atoms with Crippen molar-refractivity contribution in [2.45, 2.75) is 59.4 Å². The fourth-order valence-corrected chi connectivity index (χ4v) is 5.66. The van der Waals surface area contributed by atoms with E-state index in [9.17, 15) is 4.79 Å². The largest absolute Gasteiger partial charge is 0.493 e. The van der Waals surface area contributed by atoms with Crippen LogP contribution in [-0.2, 0) is 23.2 Å². The van der Waals surface area contributed by atoms with Crippen molar-refractivity contribution >= 4 is 22.6 Å². The smallest absolute Gasteiger partial charge is 0.234 e. The van der Waals surface area contributed by atoms with Crippen molar-refractivity contribution in [1.82, 2.24) is 19.5 Å². The Bertz CT molecular complexity index is 1310. The normalized spacial score (nSPS) is 17.6. The van der Waals surface area contributed by atoms with E-state index in [2.05, 4.69) is 40.2 Å². The van der Waals surface area contributed by atoms with Crippen LogP contribution in [0.5, 0.6) is 5.75 Å². The summed E-state index contributed by atoms with van der Waals surface area (Å²) in [6, 6.07) is 10.4. The van der Waals surface area contributed by atoms with Gasteiger partial charge in [0.25, 0.3) is 0 Å². The number of para-hydroxylation sites is 1. The Kier molecular flexibility index (Phi) is 7.63. The number of carbonyl (C=O) groups is 1. The second kappa shape index (κ2) is 10.9. The van der Waals surface area contributed by atoms with Crippen molar-refractivity contribution in [3.8, 4) is 5.75 Å². The lowest BCUT2D eigenvalue weighted by molar-refractivity contribution is -0.119. The first kappa shape index (κ1) is 26.5. The molecule has 0 atom stereocenters. The molecule has 5 rings (SSSR count). The van der Waals surface area contributed by atoms with Crippen molar-refractivity contribution < 1.29 is 14.4 Å². The van der Waals surface area contributed by atoms with Crippen LogP contribution in [0.3, 0.4) is 0 Å². The topological polar surface area (TPSA) is 71.9 Å². The summed E-state index contributed by atoms with van der Waals surface area (Å²) in [5.41, 5.74) is 5.77. The number of aryl methyl sites for hydroxylation is 2. The van der Waals surface area contributed by atoms with Crippen LogP contribution in [0.4, 0.5) is 5.69 Å². The number of hydrogen-bond donors (Lipinski definition) is 1. The van der Waals surface area contributed by atoms with Crippen molar-refractivity contribution in [2.24, 2.45) is 0 Å². The van der Waals surface area contributed by atoms with Crippen LogP contribution in [0.2, 0.25) is 0 Å². The van der Waals surface area contributed by atoms with Gasteiger partial charge < -0.3 is 19.8 Å². The number of hydrogen-bond acceptors (Lipinski definition) is 6. The molecule has 1 N–H and O–H groups in total. The Morgan fingerprint density at radius 3 is 2.55 bits per heavy atom. The van der Waals surface area contributed by atoms with E-state index in [1.807, 2.05) is 44.6 Å². The number of benzene rings is 2. The van der Waals surface area contributed by atoms with E-state index in [4.69, 9.17) is 14.6 Å². The Balaban J connectivity index is 1.13. The zero-order chi connectivity index (χ0) is 26.9. The highest BCUT2D eigenvalue weighted by Crippen LogP contribution is 2.45. The van der Waals surface area contributed by atoms with Gasteiger partial charge >= 0.3 is 0 Å². The van der Waals surface area contributed by atoms with Crippen molar-refractivity contribution in [2.75, 3.05) is 51.3 Å². The molecule has 8 nitrogen and oxygen atoms in total. The maximum absolute atomic E-state index is 12.5. The van der Waals surface area contributed by atoms with Crippen molar-refractivity contribution in [3.63, 3.8) is 0 Å². The fraction of sp³-hybridized carbons (Fsp3) is 0.533. The highest BCUT2D eigenvalue weighted by molar-refractivity contribution is 6.07. The second-order valence-electron chi connectivity index (χ2n) is 10.9. The zero-order valence-electron chi connectivity index (χ0n) is 23.5. The predicted molar refractivity (Wildman–Crippen MR) is 151 cm³/mol. The first-order chi connectivity index (χ1) is 18.3. The number of rotatable bonds is 10. The molecular formula is C30H41N5O3. The van der Waals surface area contributed by atoms with Crippen molar-refractivity contribution in [3.05, 3.63) is 52.8 Å². The number of imidazole rings is 1. The molecule has 1 saturated heterocycles. The number of amides is 1. The first-order valence-electron chi connectivity index (χ1n) is 14.0. The monoisotopic (exact) mass is 519 g/mol. The summed E-state index contributed by atoms with van der Waals surface area (Å²) in [4.78, 5) is 28.4. The Morgan fingerprint density at radius 1 is 1.05 bits per heavy atom. The summed E-state index contributed by atoms with van der Waals surface area (Å²) in [6.07, 6.45) is 1.91. The number of fused-ring (bicyclic) bond motifs is 2. The molecule has 204 valence electrons. The number of aromatic nitrogens is 2. The lowest BCUT2D eigenvalue weighted by Crippen LogP contribution is -2.46. The van der Waals surface area contributed by atoms with Crippen LogP contribution in [0, 0.1) is 6.92 Å². The molecular weight excluding hydrogens is 478 g/mol. The molecule has 1 amide bonds. The Morgan fingerprint density at radius 2 is 1.82 bits per heavy atom. The van der Waals surface area contributed by atoms with E-state index in [0.29, 0.717) is 13.2 Å². The molecule has 0 radical (unpaired) electrons. The third kappa shape index (κ3) is 4.99. The second-order valence-corrected chi connectivity index (χ2v) is 10.9. The minimum absolute atomic E-state index is 0.0344. The first-order valence-corrected chi connectivity index (χ1v) is 14.0. The molecule has 2 aliphatic rings. The van der Waals surface area contributed by atoms with E-state index < -0.39 is 5.41 Å². The number of nitrogens with one attached hydrogen (secondary N) is 1. The molecule has 0 unspecified atom stereocenters. The lowest BCUT2D eigenvalue weighted by atomic mass is 9.85. The summed E-state index contributed by atoms with van der Waals surface area (Å²) in [5, 5.41) is 3.04. The van der Waals surface area contributed by atoms with E-state index >= 15 is 0 Å². The van der Waals surface area contributed by atoms with E-state index in [-0.39, 0.29) is 5.91 Å². The van der Waals surface area contributed by atoms with Gasteiger partial charge in [-0.2, -0.15) is 4.73 Å². The van der Waals surface area contributed by atoms with Crippen LogP contribution in [-0.4, -0.2) is 71.4 Å². The molecule has 1 fully saturated rings. The molecule has 0 spiro atoms. The average Bonchev–Trinajstić information content (AvgIpc) is 3.38. The predicted octanol–water partition coefficient (Wildman–Crippen LogP) is 4.17. The number of nitrogens with zero attached hydrogens (tertiary/aromatic N) is 4. The van der Waals surface area contributed by atoms with Crippen LogP contribution in [0.25, 0.3) is 11.0 Å². The van der Waals surface area contributed by atoms with Gasteiger partial charge in [-0.05, 0) is 63.8 Å². The summed E-state index contributed by atoms with van der Waals surface area (Å²) < 4.78 is 8.14. The van der Waals surface area contributed by atoms with Gasteiger partial charge in [0.05, 0.1) is 29.8 Å². The van der Waals surface area contributed by atoms with Gasteiger partial charge in [0.15, 0.2) is 5.82 Å². The molecule has 2 aliphatic heterocycles. The molecule has 3 heterocycles. The van der Waals surface area contributed by atoms with Gasteiger partial charge in [0, 0.05) is 38.3 Å². The summed E-state index contributed by atoms with van der Waals surface area (Å²) in [5.74, 6) is 1.83. The van der Waals surface area contributed by atoms with Crippen LogP contribution < -0.4 is 14.9 Å². The Labute approximate surface area is 225 Å². The van der Waals surface area contributed by atoms with Gasteiger partial charge in [0.1, 0.15) is 17.9 Å². The molecule has 0 saturated carbocycles. The zero-order valence-corrected chi connectivity index (χ0v) is 23.5. The van der Waals surface area contributed by atoms with Crippen LogP contribution >= 0.6 is 0 Å². The molecule has 0 aliphatic carbocycles. The number of piperazine rings is 1. The van der Waals surface area contributed by atoms with Gasteiger partial charge in [-0.3, -0.25) is 9.69 Å². The summed E-state index contributed by atoms with van der Waals surface area (Å²) >= 11 is 0. The summed E-state index contributed by atoms with van der Waals surface area (Å²) in [7, 11) is 0. The maximum Gasteiger partial charge on any atom is 0.234 e. The standard InChI is InChI=1S/C30H41N5O3/c1-6-22-10-8-11-23-28(22)31-25(35(23)38-7-2)20-34-17-15-33(16-18-34)14-9-19-37-24-13-12-21(3)27-26(24)30(4,5)29(36)32-27/h8,10-13H,6-7,9,14-20H2,1-5H3,(H,32,36). The lowest BCUT2D eigenvalue weighted by Gasteiger charge is -2.34. The quantitative estimate of drug-likeness (QED) is 0.406. The third-order valence-corrected chi connectivity index (χ3v) is 7.94. The number of ether oxygens (including phenoxy) is 1. The maximum atomic E-state index is 12.5. The van der Waals surface area contributed by atoms with Crippen molar-refractivity contribution in [1.29, 1.82) is 0 Å². The molecule has 8 heteroatoms. The fourth-order valence-electron chi connectivity index (χ4n) is 5.66. The van der Waals surface area contributed by atoms with Crippen LogP contribution in [0.1, 0.15) is 56.6 Å². The third-order valence-electron chi connectivity index (χ3n) is 7.94. The molecule has 1 aromatic heterocycles. The minimum Gasteiger partial charge on any atom is -0.493 e. The van der Waals surface area contributed by atoms with E-state index in [0.717, 1.165) is 91.5 Å². The molecule has 0 bridgehead atoms. The average molecular weight is 520 g/mol. The molecule has 38 heavy (non-hydrogen) atoms. The number of anilines is 1. The summed E-state index contributed by atoms with van der Waals surface area (Å²) in [6.45, 7) is 17.2. The SMILES string of the molecule is CCOn1c(CN2CCN(CCCOc3ccc(C)c4c3C(C)(C)C(=O)N4)CC2)nc2c(CC)cccc21. The minimum atomic E-state index is -0.576. The van der Waals surface area contributed by atoms with Gasteiger partial charge in [-0.15, -0.1) is 0 Å². The molecule has 2 aromatic carbocycles. The van der Waals surface area contributed by atoms with Gasteiger partial charge in [-0.25, -0.2) is 4.98 Å². The van der Waals surface area contributed by atoms with Gasteiger partial charge in [0.2, 0.25) is 5.91 Å². The van der Waals surface area contributed by atoms with E-state index in [1.165, 1.54) is 5.56 Å². The molecule has 3 aromatic rings. The Hall–Kier alpha value is -3.10. The van der Waals surface area contributed by atoms with Crippen LogP contribution in [0.15, 0.2) is 30.3 Å². The highest BCUT2D eigenvalue weighted by Gasteiger charge is 2.41. The highest BCUT2D eigenvalue weighted by atomic mass is 16.7. The van der Waals surface area contributed by atoms with Gasteiger partial charge in [-0.1, -0.05) is 25.1 Å². The number of carbonyl (C=O) groups excluding carboxylic acids is 1.